The summed E-state index contributed by atoms with van der Waals surface area (Å²) in [4.78, 5) is 26.3. The number of rotatable bonds is 6. The number of nitrogens with zero attached hydrogens (tertiary/aromatic N) is 1. The summed E-state index contributed by atoms with van der Waals surface area (Å²) >= 11 is 0. The van der Waals surface area contributed by atoms with Crippen molar-refractivity contribution in [2.75, 3.05) is 19.6 Å². The van der Waals surface area contributed by atoms with Gasteiger partial charge in [-0.25, -0.2) is 4.39 Å². The van der Waals surface area contributed by atoms with Gasteiger partial charge in [-0.05, 0) is 50.9 Å². The van der Waals surface area contributed by atoms with Crippen LogP contribution >= 0.6 is 0 Å². The van der Waals surface area contributed by atoms with Crippen LogP contribution in [-0.4, -0.2) is 42.4 Å². The summed E-state index contributed by atoms with van der Waals surface area (Å²) in [7, 11) is 0. The Morgan fingerprint density at radius 2 is 2.04 bits per heavy atom. The van der Waals surface area contributed by atoms with Gasteiger partial charge < -0.3 is 15.5 Å². The van der Waals surface area contributed by atoms with Crippen molar-refractivity contribution in [1.82, 2.24) is 15.5 Å². The van der Waals surface area contributed by atoms with Gasteiger partial charge in [0.2, 0.25) is 11.8 Å². The molecule has 132 valence electrons. The molecule has 1 aromatic rings. The smallest absolute Gasteiger partial charge is 0.239 e. The molecule has 2 rings (SSSR count). The summed E-state index contributed by atoms with van der Waals surface area (Å²) in [6, 6.07) is 6.33. The average molecular weight is 335 g/mol. The summed E-state index contributed by atoms with van der Waals surface area (Å²) < 4.78 is 12.9. The van der Waals surface area contributed by atoms with E-state index in [0.29, 0.717) is 19.1 Å². The molecule has 1 aliphatic heterocycles. The normalized spacial score (nSPS) is 20.5. The van der Waals surface area contributed by atoms with Crippen molar-refractivity contribution < 1.29 is 14.0 Å². The fourth-order valence-corrected chi connectivity index (χ4v) is 2.99. The van der Waals surface area contributed by atoms with Gasteiger partial charge in [0.25, 0.3) is 0 Å². The van der Waals surface area contributed by atoms with E-state index in [1.165, 1.54) is 12.1 Å². The summed E-state index contributed by atoms with van der Waals surface area (Å²) in [5.74, 6) is -0.450. The third-order valence-electron chi connectivity index (χ3n) is 4.40. The SMILES string of the molecule is CCN(CC(=O)NCc1ccc(F)cc1)C(=O)[C@H]1CCN[C@@H](C)C1. The van der Waals surface area contributed by atoms with Crippen molar-refractivity contribution in [3.05, 3.63) is 35.6 Å². The van der Waals surface area contributed by atoms with Crippen LogP contribution in [0.5, 0.6) is 0 Å². The molecule has 2 N–H and O–H groups in total. The van der Waals surface area contributed by atoms with Crippen molar-refractivity contribution in [2.45, 2.75) is 39.3 Å². The van der Waals surface area contributed by atoms with E-state index in [4.69, 9.17) is 0 Å². The molecule has 0 radical (unpaired) electrons. The maximum atomic E-state index is 12.9. The summed E-state index contributed by atoms with van der Waals surface area (Å²) in [6.07, 6.45) is 1.63. The fraction of sp³-hybridized carbons (Fsp3) is 0.556. The molecule has 0 bridgehead atoms. The van der Waals surface area contributed by atoms with E-state index >= 15 is 0 Å². The fourth-order valence-electron chi connectivity index (χ4n) is 2.99. The van der Waals surface area contributed by atoms with E-state index in [1.807, 2.05) is 6.92 Å². The Labute approximate surface area is 142 Å². The molecule has 0 saturated carbocycles. The van der Waals surface area contributed by atoms with E-state index in [1.54, 1.807) is 17.0 Å². The predicted molar refractivity (Wildman–Crippen MR) is 90.7 cm³/mol. The van der Waals surface area contributed by atoms with Gasteiger partial charge in [0.15, 0.2) is 0 Å². The van der Waals surface area contributed by atoms with Gasteiger partial charge in [0.1, 0.15) is 5.82 Å². The molecule has 2 atom stereocenters. The number of piperidine rings is 1. The number of nitrogens with one attached hydrogen (secondary N) is 2. The van der Waals surface area contributed by atoms with Crippen molar-refractivity contribution in [3.8, 4) is 0 Å². The third-order valence-corrected chi connectivity index (χ3v) is 4.40. The van der Waals surface area contributed by atoms with Crippen LogP contribution in [0.2, 0.25) is 0 Å². The Morgan fingerprint density at radius 3 is 2.67 bits per heavy atom. The number of likely N-dealkylation sites (N-methyl/N-ethyl adjacent to an activating group) is 1. The maximum Gasteiger partial charge on any atom is 0.239 e. The Morgan fingerprint density at radius 1 is 1.33 bits per heavy atom. The first-order valence-electron chi connectivity index (χ1n) is 8.53. The zero-order valence-corrected chi connectivity index (χ0v) is 14.3. The monoisotopic (exact) mass is 335 g/mol. The molecule has 1 aromatic carbocycles. The van der Waals surface area contributed by atoms with E-state index in [9.17, 15) is 14.0 Å². The van der Waals surface area contributed by atoms with E-state index < -0.39 is 0 Å². The molecule has 2 amide bonds. The van der Waals surface area contributed by atoms with Crippen LogP contribution in [0.3, 0.4) is 0 Å². The van der Waals surface area contributed by atoms with Crippen molar-refractivity contribution in [3.63, 3.8) is 0 Å². The van der Waals surface area contributed by atoms with Gasteiger partial charge in [-0.2, -0.15) is 0 Å². The quantitative estimate of drug-likeness (QED) is 0.831. The maximum absolute atomic E-state index is 12.9. The van der Waals surface area contributed by atoms with Gasteiger partial charge in [-0.15, -0.1) is 0 Å². The summed E-state index contributed by atoms with van der Waals surface area (Å²) in [6.45, 7) is 5.71. The van der Waals surface area contributed by atoms with E-state index in [-0.39, 0.29) is 30.1 Å². The minimum atomic E-state index is -0.302. The largest absolute Gasteiger partial charge is 0.350 e. The lowest BCUT2D eigenvalue weighted by molar-refractivity contribution is -0.140. The zero-order valence-electron chi connectivity index (χ0n) is 14.3. The lowest BCUT2D eigenvalue weighted by Crippen LogP contribution is -2.47. The number of carbonyl (C=O) groups excluding carboxylic acids is 2. The summed E-state index contributed by atoms with van der Waals surface area (Å²) in [5.41, 5.74) is 0.825. The molecule has 1 heterocycles. The number of halogens is 1. The highest BCUT2D eigenvalue weighted by atomic mass is 19.1. The van der Waals surface area contributed by atoms with E-state index in [0.717, 1.165) is 24.9 Å². The molecule has 1 aliphatic rings. The molecule has 0 aromatic heterocycles. The molecule has 24 heavy (non-hydrogen) atoms. The minimum Gasteiger partial charge on any atom is -0.350 e. The molecular formula is C18H26FN3O2. The third kappa shape index (κ3) is 5.30. The molecule has 5 nitrogen and oxygen atoms in total. The highest BCUT2D eigenvalue weighted by Crippen LogP contribution is 2.18. The van der Waals surface area contributed by atoms with Crippen LogP contribution in [-0.2, 0) is 16.1 Å². The zero-order chi connectivity index (χ0) is 17.5. The Bertz CT molecular complexity index is 562. The average Bonchev–Trinajstić information content (AvgIpc) is 2.58. The molecular weight excluding hydrogens is 309 g/mol. The Hall–Kier alpha value is -1.95. The van der Waals surface area contributed by atoms with Crippen molar-refractivity contribution in [2.24, 2.45) is 5.92 Å². The van der Waals surface area contributed by atoms with Crippen LogP contribution in [0.25, 0.3) is 0 Å². The molecule has 0 aliphatic carbocycles. The highest BCUT2D eigenvalue weighted by Gasteiger charge is 2.28. The van der Waals surface area contributed by atoms with Crippen LogP contribution in [0.1, 0.15) is 32.3 Å². The van der Waals surface area contributed by atoms with E-state index in [2.05, 4.69) is 17.6 Å². The summed E-state index contributed by atoms with van der Waals surface area (Å²) in [5, 5.41) is 6.11. The second-order valence-corrected chi connectivity index (χ2v) is 6.33. The predicted octanol–water partition coefficient (Wildman–Crippen LogP) is 1.68. The number of amides is 2. The van der Waals surface area contributed by atoms with Gasteiger partial charge in [0.05, 0.1) is 6.54 Å². The first-order chi connectivity index (χ1) is 11.5. The second kappa shape index (κ2) is 8.78. The van der Waals surface area contributed by atoms with Gasteiger partial charge in [-0.1, -0.05) is 12.1 Å². The van der Waals surface area contributed by atoms with Crippen molar-refractivity contribution >= 4 is 11.8 Å². The minimum absolute atomic E-state index is 0.00824. The lowest BCUT2D eigenvalue weighted by atomic mass is 9.92. The second-order valence-electron chi connectivity index (χ2n) is 6.33. The van der Waals surface area contributed by atoms with Crippen LogP contribution in [0.4, 0.5) is 4.39 Å². The molecule has 1 saturated heterocycles. The first kappa shape index (κ1) is 18.4. The van der Waals surface area contributed by atoms with Crippen LogP contribution in [0, 0.1) is 11.7 Å². The molecule has 1 fully saturated rings. The van der Waals surface area contributed by atoms with Gasteiger partial charge in [0, 0.05) is 25.0 Å². The van der Waals surface area contributed by atoms with Crippen LogP contribution in [0.15, 0.2) is 24.3 Å². The number of benzene rings is 1. The lowest BCUT2D eigenvalue weighted by Gasteiger charge is -2.31. The topological polar surface area (TPSA) is 61.4 Å². The number of hydrogen-bond donors (Lipinski definition) is 2. The molecule has 6 heteroatoms. The Kier molecular flexibility index (Phi) is 6.73. The van der Waals surface area contributed by atoms with Crippen LogP contribution < -0.4 is 10.6 Å². The molecule has 0 spiro atoms. The number of carbonyl (C=O) groups is 2. The Balaban J connectivity index is 1.83. The number of hydrogen-bond acceptors (Lipinski definition) is 3. The van der Waals surface area contributed by atoms with Crippen molar-refractivity contribution in [1.29, 1.82) is 0 Å². The van der Waals surface area contributed by atoms with Gasteiger partial charge >= 0.3 is 0 Å². The highest BCUT2D eigenvalue weighted by molar-refractivity contribution is 5.86. The molecule has 0 unspecified atom stereocenters. The standard InChI is InChI=1S/C18H26FN3O2/c1-3-22(18(24)15-8-9-20-13(2)10-15)12-17(23)21-11-14-4-6-16(19)7-5-14/h4-7,13,15,20H,3,8-12H2,1-2H3,(H,21,23)/t13-,15-/m0/s1. The van der Waals surface area contributed by atoms with Gasteiger partial charge in [-0.3, -0.25) is 9.59 Å². The first-order valence-corrected chi connectivity index (χ1v) is 8.53.